The molecule has 2 N–H and O–H groups in total. The Morgan fingerprint density at radius 3 is 2.51 bits per heavy atom. The number of ether oxygens (including phenoxy) is 2. The minimum atomic E-state index is -1.57. The third-order valence-electron chi connectivity index (χ3n) is 7.50. The van der Waals surface area contributed by atoms with Gasteiger partial charge in [0, 0.05) is 11.6 Å². The average molecular weight is 475 g/mol. The third kappa shape index (κ3) is 3.07. The maximum atomic E-state index is 13.5. The van der Waals surface area contributed by atoms with E-state index in [1.54, 1.807) is 13.0 Å². The predicted octanol–water partition coefficient (Wildman–Crippen LogP) is 4.98. The fraction of sp³-hybridized carbons (Fsp3) is 0.321. The lowest BCUT2D eigenvalue weighted by molar-refractivity contribution is -0.123. The largest absolute Gasteiger partial charge is 0.507 e. The number of aliphatic hydroxyl groups excluding tert-OH is 1. The molecule has 1 aromatic rings. The zero-order chi connectivity index (χ0) is 25.4. The summed E-state index contributed by atoms with van der Waals surface area (Å²) in [6, 6.07) is 0. The van der Waals surface area contributed by atoms with E-state index in [-0.39, 0.29) is 51.0 Å². The number of hydrogen-bond acceptors (Lipinski definition) is 7. The molecule has 0 radical (unpaired) electrons. The number of carbonyl (C=O) groups excluding carboxylic acids is 3. The molecular weight excluding hydrogens is 448 g/mol. The lowest BCUT2D eigenvalue weighted by Gasteiger charge is -2.27. The first-order valence-corrected chi connectivity index (χ1v) is 11.5. The summed E-state index contributed by atoms with van der Waals surface area (Å²) in [6.07, 6.45) is 7.56. The van der Waals surface area contributed by atoms with E-state index in [2.05, 4.69) is 12.7 Å². The molecule has 5 rings (SSSR count). The Hall–Kier alpha value is -3.87. The van der Waals surface area contributed by atoms with E-state index >= 15 is 0 Å². The Balaban J connectivity index is 1.61. The van der Waals surface area contributed by atoms with E-state index in [1.165, 1.54) is 19.9 Å². The Morgan fingerprint density at radius 1 is 1.20 bits per heavy atom. The summed E-state index contributed by atoms with van der Waals surface area (Å²) in [5.74, 6) is -1.71. The number of carbonyl (C=O) groups is 3. The molecule has 0 bridgehead atoms. The van der Waals surface area contributed by atoms with Crippen LogP contribution in [0.25, 0.3) is 0 Å². The van der Waals surface area contributed by atoms with E-state index in [0.717, 1.165) is 30.4 Å². The minimum Gasteiger partial charge on any atom is -0.507 e. The fourth-order valence-electron chi connectivity index (χ4n) is 5.33. The summed E-state index contributed by atoms with van der Waals surface area (Å²) in [4.78, 5) is 38.9. The standard InChI is InChI=1S/C28H26O7/c1-12(2)16-8-6-15(7-9-16)10-18-24(32)21-25(34-18)13(3)23(31)22-26(21)35-19-11-17(30)20(14(4)29)27(33)28(19,22)5/h6,10-11,16,30-31H,1,7-9H2,2-5H3/b18-10-/t16-,28+/m1/s1. The number of fused-ring (bicyclic) bond motifs is 5. The summed E-state index contributed by atoms with van der Waals surface area (Å²) < 4.78 is 11.9. The van der Waals surface area contributed by atoms with Gasteiger partial charge in [0.15, 0.2) is 23.1 Å². The summed E-state index contributed by atoms with van der Waals surface area (Å²) in [7, 11) is 0. The van der Waals surface area contributed by atoms with Gasteiger partial charge in [-0.15, -0.1) is 0 Å². The number of hydrogen-bond donors (Lipinski definition) is 2. The van der Waals surface area contributed by atoms with Crippen LogP contribution in [-0.2, 0) is 15.0 Å². The predicted molar refractivity (Wildman–Crippen MR) is 128 cm³/mol. The first kappa shape index (κ1) is 22.9. The van der Waals surface area contributed by atoms with Gasteiger partial charge in [0.2, 0.25) is 5.78 Å². The maximum absolute atomic E-state index is 13.5. The van der Waals surface area contributed by atoms with Gasteiger partial charge in [-0.05, 0) is 64.5 Å². The lowest BCUT2D eigenvalue weighted by atomic mass is 9.71. The van der Waals surface area contributed by atoms with Gasteiger partial charge in [-0.1, -0.05) is 18.2 Å². The van der Waals surface area contributed by atoms with E-state index in [4.69, 9.17) is 9.47 Å². The summed E-state index contributed by atoms with van der Waals surface area (Å²) >= 11 is 0. The molecule has 0 unspecified atom stereocenters. The number of rotatable bonds is 3. The van der Waals surface area contributed by atoms with Gasteiger partial charge in [-0.3, -0.25) is 14.4 Å². The highest BCUT2D eigenvalue weighted by Gasteiger charge is 2.56. The van der Waals surface area contributed by atoms with Crippen molar-refractivity contribution in [3.05, 3.63) is 75.5 Å². The second-order valence-electron chi connectivity index (χ2n) is 9.80. The van der Waals surface area contributed by atoms with Crippen LogP contribution in [0, 0.1) is 12.8 Å². The molecule has 0 amide bonds. The molecule has 2 atom stereocenters. The molecule has 0 aromatic heterocycles. The van der Waals surface area contributed by atoms with Gasteiger partial charge in [-0.25, -0.2) is 0 Å². The van der Waals surface area contributed by atoms with Crippen LogP contribution in [0.3, 0.4) is 0 Å². The van der Waals surface area contributed by atoms with Crippen LogP contribution in [-0.4, -0.2) is 27.6 Å². The van der Waals surface area contributed by atoms with Crippen LogP contribution in [0.5, 0.6) is 17.2 Å². The fourth-order valence-corrected chi connectivity index (χ4v) is 5.33. The van der Waals surface area contributed by atoms with Gasteiger partial charge in [0.25, 0.3) is 0 Å². The van der Waals surface area contributed by atoms with Crippen molar-refractivity contribution >= 4 is 17.3 Å². The monoisotopic (exact) mass is 474 g/mol. The summed E-state index contributed by atoms with van der Waals surface area (Å²) in [6.45, 7) is 10.3. The molecule has 4 aliphatic rings. The van der Waals surface area contributed by atoms with Crippen molar-refractivity contribution in [3.8, 4) is 17.2 Å². The average Bonchev–Trinajstić information content (AvgIpc) is 3.27. The summed E-state index contributed by atoms with van der Waals surface area (Å²) in [5.41, 5.74) is 0.684. The second-order valence-corrected chi connectivity index (χ2v) is 9.80. The number of benzene rings is 1. The highest BCUT2D eigenvalue weighted by molar-refractivity contribution is 6.26. The molecule has 2 aliphatic carbocycles. The molecule has 7 heteroatoms. The van der Waals surface area contributed by atoms with Crippen LogP contribution >= 0.6 is 0 Å². The van der Waals surface area contributed by atoms with Gasteiger partial charge in [0.05, 0.1) is 5.56 Å². The van der Waals surface area contributed by atoms with Crippen molar-refractivity contribution < 1.29 is 34.1 Å². The SMILES string of the molecule is C=C(C)[C@@H]1CC=C(/C=C2\Oc3c(C)c(O)c4c(c3C2=O)OC2=CC(O)=C(C(C)=O)C(=O)[C@@]24C)CC1. The maximum Gasteiger partial charge on any atom is 0.235 e. The number of ketones is 3. The molecule has 180 valence electrons. The molecule has 2 heterocycles. The van der Waals surface area contributed by atoms with Crippen LogP contribution in [0.2, 0.25) is 0 Å². The molecule has 2 aliphatic heterocycles. The third-order valence-corrected chi connectivity index (χ3v) is 7.50. The Morgan fingerprint density at radius 2 is 1.91 bits per heavy atom. The van der Waals surface area contributed by atoms with Crippen molar-refractivity contribution in [2.75, 3.05) is 0 Å². The van der Waals surface area contributed by atoms with Crippen molar-refractivity contribution in [3.63, 3.8) is 0 Å². The molecule has 0 fully saturated rings. The van der Waals surface area contributed by atoms with Crippen molar-refractivity contribution in [2.45, 2.75) is 52.4 Å². The van der Waals surface area contributed by atoms with E-state index in [0.29, 0.717) is 5.92 Å². The molecule has 1 aromatic carbocycles. The van der Waals surface area contributed by atoms with Gasteiger partial charge < -0.3 is 19.7 Å². The first-order chi connectivity index (χ1) is 16.5. The zero-order valence-electron chi connectivity index (χ0n) is 20.1. The number of allylic oxidation sites excluding steroid dienone is 8. The van der Waals surface area contributed by atoms with Crippen molar-refractivity contribution in [2.24, 2.45) is 5.92 Å². The van der Waals surface area contributed by atoms with Crippen LogP contribution in [0.1, 0.15) is 61.5 Å². The number of phenolic OH excluding ortho intramolecular Hbond substituents is 1. The molecule has 35 heavy (non-hydrogen) atoms. The Bertz CT molecular complexity index is 1400. The number of aliphatic hydroxyl groups is 1. The lowest BCUT2D eigenvalue weighted by Crippen LogP contribution is -2.38. The van der Waals surface area contributed by atoms with Crippen molar-refractivity contribution in [1.82, 2.24) is 0 Å². The Labute approximate surface area is 202 Å². The quantitative estimate of drug-likeness (QED) is 0.361. The van der Waals surface area contributed by atoms with Gasteiger partial charge in [0.1, 0.15) is 39.6 Å². The van der Waals surface area contributed by atoms with E-state index < -0.39 is 28.5 Å². The topological polar surface area (TPSA) is 110 Å². The van der Waals surface area contributed by atoms with Gasteiger partial charge >= 0.3 is 0 Å². The molecule has 0 spiro atoms. The van der Waals surface area contributed by atoms with Crippen LogP contribution < -0.4 is 9.47 Å². The van der Waals surface area contributed by atoms with Crippen molar-refractivity contribution in [1.29, 1.82) is 0 Å². The van der Waals surface area contributed by atoms with Crippen LogP contribution in [0.15, 0.2) is 58.8 Å². The van der Waals surface area contributed by atoms with Crippen LogP contribution in [0.4, 0.5) is 0 Å². The zero-order valence-corrected chi connectivity index (χ0v) is 20.1. The highest BCUT2D eigenvalue weighted by atomic mass is 16.5. The molecular formula is C28H26O7. The second kappa shape index (κ2) is 7.57. The first-order valence-electron chi connectivity index (χ1n) is 11.5. The summed E-state index contributed by atoms with van der Waals surface area (Å²) in [5, 5.41) is 21.4. The minimum absolute atomic E-state index is 0.0103. The number of aromatic hydroxyl groups is 1. The Kier molecular flexibility index (Phi) is 4.95. The highest BCUT2D eigenvalue weighted by Crippen LogP contribution is 2.59. The normalized spacial score (nSPS) is 25.9. The molecule has 0 saturated heterocycles. The molecule has 0 saturated carbocycles. The van der Waals surface area contributed by atoms with E-state index in [1.807, 2.05) is 6.92 Å². The number of Topliss-reactive ketones (excluding diaryl/α,β-unsaturated/α-hetero) is 3. The van der Waals surface area contributed by atoms with E-state index in [9.17, 15) is 24.6 Å². The van der Waals surface area contributed by atoms with Gasteiger partial charge in [-0.2, -0.15) is 0 Å². The number of phenols is 1. The molecule has 7 nitrogen and oxygen atoms in total. The smallest absolute Gasteiger partial charge is 0.235 e.